The molecule has 6 heteroatoms. The summed E-state index contributed by atoms with van der Waals surface area (Å²) >= 11 is 4.93. The molecule has 4 nitrogen and oxygen atoms in total. The lowest BCUT2D eigenvalue weighted by atomic mass is 9.98. The number of rotatable bonds is 5. The van der Waals surface area contributed by atoms with Crippen LogP contribution < -0.4 is 9.46 Å². The molecule has 1 N–H and O–H groups in total. The van der Waals surface area contributed by atoms with E-state index in [0.29, 0.717) is 5.15 Å². The maximum absolute atomic E-state index is 12.5. The van der Waals surface area contributed by atoms with Crippen LogP contribution in [0.4, 0.5) is 0 Å². The average molecular weight is 355 g/mol. The Kier molecular flexibility index (Phi) is 5.79. The molecule has 23 heavy (non-hydrogen) atoms. The van der Waals surface area contributed by atoms with Crippen molar-refractivity contribution in [3.05, 3.63) is 35.1 Å². The zero-order valence-electron chi connectivity index (χ0n) is 14.1. The van der Waals surface area contributed by atoms with E-state index in [2.05, 4.69) is 16.6 Å². The number of nitrogens with zero attached hydrogens (tertiary/aromatic N) is 1. The summed E-state index contributed by atoms with van der Waals surface area (Å²) in [6.45, 7) is 7.93. The minimum atomic E-state index is -1.15. The van der Waals surface area contributed by atoms with Crippen molar-refractivity contribution in [2.75, 3.05) is 7.11 Å². The highest BCUT2D eigenvalue weighted by molar-refractivity contribution is 7.90. The lowest BCUT2D eigenvalue weighted by molar-refractivity contribution is 0.419. The summed E-state index contributed by atoms with van der Waals surface area (Å²) in [6, 6.07) is 5.71. The van der Waals surface area contributed by atoms with Gasteiger partial charge in [0.1, 0.15) is 15.6 Å². The highest BCUT2D eigenvalue weighted by atomic mass is 35.5. The van der Waals surface area contributed by atoms with E-state index in [0.717, 1.165) is 28.5 Å². The van der Waals surface area contributed by atoms with Gasteiger partial charge in [-0.3, -0.25) is 0 Å². The van der Waals surface area contributed by atoms with Gasteiger partial charge in [0.15, 0.2) is 0 Å². The molecule has 0 spiro atoms. The third kappa shape index (κ3) is 4.10. The molecule has 0 saturated carbocycles. The minimum absolute atomic E-state index is 0.0399. The zero-order chi connectivity index (χ0) is 17.2. The van der Waals surface area contributed by atoms with Gasteiger partial charge in [0, 0.05) is 22.9 Å². The van der Waals surface area contributed by atoms with Gasteiger partial charge < -0.3 is 9.29 Å². The fourth-order valence-electron chi connectivity index (χ4n) is 2.36. The molecule has 0 fully saturated rings. The minimum Gasteiger partial charge on any atom is -0.598 e. The van der Waals surface area contributed by atoms with E-state index in [1.165, 1.54) is 0 Å². The van der Waals surface area contributed by atoms with Crippen LogP contribution in [0, 0.1) is 0 Å². The van der Waals surface area contributed by atoms with Crippen LogP contribution in [0.5, 0.6) is 5.75 Å². The Bertz CT molecular complexity index is 688. The molecule has 1 aromatic heterocycles. The smallest absolute Gasteiger partial charge is 0.136 e. The molecular formula is C17H23ClN2O2S. The van der Waals surface area contributed by atoms with Crippen molar-refractivity contribution in [1.82, 2.24) is 9.71 Å². The number of hydrogen-bond acceptors (Lipinski definition) is 4. The second kappa shape index (κ2) is 7.26. The largest absolute Gasteiger partial charge is 0.598 e. The van der Waals surface area contributed by atoms with Crippen LogP contribution in [0.1, 0.15) is 45.7 Å². The average Bonchev–Trinajstić information content (AvgIpc) is 2.50. The quantitative estimate of drug-likeness (QED) is 0.638. The van der Waals surface area contributed by atoms with Gasteiger partial charge in [-0.1, -0.05) is 24.6 Å². The van der Waals surface area contributed by atoms with Gasteiger partial charge in [-0.2, -0.15) is 0 Å². The van der Waals surface area contributed by atoms with Crippen LogP contribution in [-0.2, 0) is 11.4 Å². The molecule has 0 amide bonds. The highest BCUT2D eigenvalue weighted by Crippen LogP contribution is 2.34. The van der Waals surface area contributed by atoms with Gasteiger partial charge in [-0.25, -0.2) is 4.98 Å². The van der Waals surface area contributed by atoms with Gasteiger partial charge in [0.05, 0.1) is 13.2 Å². The Balaban J connectivity index is 2.50. The van der Waals surface area contributed by atoms with Gasteiger partial charge in [-0.05, 0) is 50.3 Å². The van der Waals surface area contributed by atoms with E-state index in [9.17, 15) is 4.55 Å². The van der Waals surface area contributed by atoms with Crippen LogP contribution in [0.2, 0.25) is 5.15 Å². The number of hydrogen-bond donors (Lipinski definition) is 1. The van der Waals surface area contributed by atoms with Gasteiger partial charge >= 0.3 is 0 Å². The van der Waals surface area contributed by atoms with E-state index in [4.69, 9.17) is 16.3 Å². The van der Waals surface area contributed by atoms with E-state index in [1.807, 2.05) is 39.0 Å². The zero-order valence-corrected chi connectivity index (χ0v) is 15.7. The summed E-state index contributed by atoms with van der Waals surface area (Å²) in [6.07, 6.45) is 2.52. The monoisotopic (exact) mass is 354 g/mol. The fourth-order valence-corrected chi connectivity index (χ4v) is 3.43. The second-order valence-electron chi connectivity index (χ2n) is 6.37. The Labute approximate surface area is 145 Å². The van der Waals surface area contributed by atoms with Crippen LogP contribution >= 0.6 is 11.6 Å². The molecule has 1 heterocycles. The normalized spacial score (nSPS) is 14.7. The van der Waals surface area contributed by atoms with Crippen LogP contribution in [0.25, 0.3) is 10.8 Å². The number of halogens is 1. The van der Waals surface area contributed by atoms with Crippen molar-refractivity contribution in [1.29, 1.82) is 0 Å². The first-order valence-electron chi connectivity index (χ1n) is 7.58. The summed E-state index contributed by atoms with van der Waals surface area (Å²) in [5.41, 5.74) is 1.05. The molecule has 0 radical (unpaired) electrons. The first-order valence-corrected chi connectivity index (χ1v) is 9.11. The molecule has 2 rings (SSSR count). The Morgan fingerprint density at radius 1 is 1.35 bits per heavy atom. The predicted octanol–water partition coefficient (Wildman–Crippen LogP) is 4.40. The molecule has 0 saturated heterocycles. The molecule has 2 atom stereocenters. The molecular weight excluding hydrogens is 332 g/mol. The standard InChI is InChI=1S/C17H23ClN2O2S/c1-6-14(20-23(21)17(2,3)4)11-7-8-15(22-5)13-10-19-16(18)9-12(11)13/h7-10,14,20H,6H2,1-5H3/t14-,23+/m1/s1. The van der Waals surface area contributed by atoms with Crippen molar-refractivity contribution in [2.45, 2.75) is 44.9 Å². The number of aromatic nitrogens is 1. The van der Waals surface area contributed by atoms with E-state index < -0.39 is 11.4 Å². The maximum Gasteiger partial charge on any atom is 0.136 e. The van der Waals surface area contributed by atoms with Crippen molar-refractivity contribution in [2.24, 2.45) is 0 Å². The molecule has 1 aromatic carbocycles. The number of methoxy groups -OCH3 is 1. The number of ether oxygens (including phenoxy) is 1. The SMILES string of the molecule is CC[C@@H](N[S@@+]([O-])C(C)(C)C)c1ccc(OC)c2cnc(Cl)cc12. The summed E-state index contributed by atoms with van der Waals surface area (Å²) in [4.78, 5) is 4.15. The van der Waals surface area contributed by atoms with Crippen molar-refractivity contribution in [3.63, 3.8) is 0 Å². The fraction of sp³-hybridized carbons (Fsp3) is 0.471. The van der Waals surface area contributed by atoms with Crippen molar-refractivity contribution in [3.8, 4) is 5.75 Å². The summed E-state index contributed by atoms with van der Waals surface area (Å²) in [5, 5.41) is 2.30. The third-order valence-corrected chi connectivity index (χ3v) is 5.49. The number of nitrogens with one attached hydrogen (secondary N) is 1. The molecule has 2 aromatic rings. The first kappa shape index (κ1) is 18.3. The second-order valence-corrected chi connectivity index (χ2v) is 8.75. The van der Waals surface area contributed by atoms with E-state index in [1.54, 1.807) is 13.3 Å². The summed E-state index contributed by atoms with van der Waals surface area (Å²) in [5.74, 6) is 0.750. The van der Waals surface area contributed by atoms with Crippen LogP contribution in [0.15, 0.2) is 24.4 Å². The Morgan fingerprint density at radius 3 is 2.61 bits per heavy atom. The Hall–Kier alpha value is -1.01. The first-order chi connectivity index (χ1) is 10.8. The number of pyridine rings is 1. The van der Waals surface area contributed by atoms with Gasteiger partial charge in [0.2, 0.25) is 0 Å². The predicted molar refractivity (Wildman–Crippen MR) is 97.4 cm³/mol. The van der Waals surface area contributed by atoms with Crippen LogP contribution in [0.3, 0.4) is 0 Å². The molecule has 0 aliphatic rings. The van der Waals surface area contributed by atoms with E-state index in [-0.39, 0.29) is 10.8 Å². The van der Waals surface area contributed by atoms with Gasteiger partial charge in [-0.15, -0.1) is 4.72 Å². The molecule has 0 aliphatic carbocycles. The van der Waals surface area contributed by atoms with E-state index >= 15 is 0 Å². The van der Waals surface area contributed by atoms with Crippen molar-refractivity contribution >= 4 is 33.7 Å². The highest BCUT2D eigenvalue weighted by Gasteiger charge is 2.30. The van der Waals surface area contributed by atoms with Gasteiger partial charge in [0.25, 0.3) is 0 Å². The van der Waals surface area contributed by atoms with Crippen LogP contribution in [-0.4, -0.2) is 21.4 Å². The number of benzene rings is 1. The number of fused-ring (bicyclic) bond motifs is 1. The summed E-state index contributed by atoms with van der Waals surface area (Å²) in [7, 11) is 1.63. The lowest BCUT2D eigenvalue weighted by Gasteiger charge is -2.28. The maximum atomic E-state index is 12.5. The molecule has 126 valence electrons. The molecule has 0 bridgehead atoms. The topological polar surface area (TPSA) is 57.2 Å². The molecule has 0 aliphatic heterocycles. The Morgan fingerprint density at radius 2 is 2.04 bits per heavy atom. The lowest BCUT2D eigenvalue weighted by Crippen LogP contribution is -2.41. The third-order valence-electron chi connectivity index (χ3n) is 3.67. The van der Waals surface area contributed by atoms with Crippen molar-refractivity contribution < 1.29 is 9.29 Å². The summed E-state index contributed by atoms with van der Waals surface area (Å²) < 4.78 is 20.8. The molecule has 0 unspecified atom stereocenters.